The number of rotatable bonds is 10. The predicted molar refractivity (Wildman–Crippen MR) is 77.8 cm³/mol. The highest BCUT2D eigenvalue weighted by atomic mass is 19.2. The topological polar surface area (TPSA) is 148 Å². The number of nitro groups is 2. The second-order valence-electron chi connectivity index (χ2n) is 4.64. The highest BCUT2D eigenvalue weighted by Crippen LogP contribution is 2.28. The molecule has 11 heteroatoms. The van der Waals surface area contributed by atoms with Gasteiger partial charge in [-0.3, -0.25) is 25.0 Å². The third kappa shape index (κ3) is 5.47. The molecule has 0 bridgehead atoms. The molecule has 0 spiro atoms. The standard InChI is InChI=1S/C12H15FN4O6/c13-15-10(12(18)19)3-1-2-6-14-9-5-4-8(16(20)21)7-11(9)17(22)23/h4-5,7,10,14-15H,1-3,6H2,(H,18,19). The van der Waals surface area contributed by atoms with E-state index in [9.17, 15) is 29.5 Å². The van der Waals surface area contributed by atoms with Gasteiger partial charge in [-0.2, -0.15) is 0 Å². The zero-order valence-electron chi connectivity index (χ0n) is 11.9. The number of carboxylic acid groups (broad SMARTS) is 1. The van der Waals surface area contributed by atoms with Crippen LogP contribution >= 0.6 is 0 Å². The molecule has 1 aromatic rings. The van der Waals surface area contributed by atoms with E-state index < -0.39 is 27.5 Å². The fourth-order valence-corrected chi connectivity index (χ4v) is 1.86. The summed E-state index contributed by atoms with van der Waals surface area (Å²) in [7, 11) is 0. The fourth-order valence-electron chi connectivity index (χ4n) is 1.86. The number of nitro benzene ring substituents is 2. The monoisotopic (exact) mass is 330 g/mol. The first-order valence-electron chi connectivity index (χ1n) is 6.62. The van der Waals surface area contributed by atoms with E-state index in [1.807, 2.05) is 0 Å². The number of unbranched alkanes of at least 4 members (excludes halogenated alkanes) is 1. The highest BCUT2D eigenvalue weighted by Gasteiger charge is 2.19. The lowest BCUT2D eigenvalue weighted by Gasteiger charge is -2.09. The van der Waals surface area contributed by atoms with Crippen molar-refractivity contribution in [3.8, 4) is 0 Å². The zero-order chi connectivity index (χ0) is 17.4. The third-order valence-corrected chi connectivity index (χ3v) is 3.05. The van der Waals surface area contributed by atoms with Gasteiger partial charge < -0.3 is 10.4 Å². The van der Waals surface area contributed by atoms with Gasteiger partial charge in [-0.15, -0.1) is 10.0 Å². The number of hydrogen-bond acceptors (Lipinski definition) is 7. The van der Waals surface area contributed by atoms with Gasteiger partial charge in [0.15, 0.2) is 0 Å². The molecule has 0 aliphatic carbocycles. The minimum absolute atomic E-state index is 0.0653. The van der Waals surface area contributed by atoms with Gasteiger partial charge in [0.25, 0.3) is 11.4 Å². The molecule has 0 heterocycles. The Hall–Kier alpha value is -2.82. The van der Waals surface area contributed by atoms with E-state index in [1.54, 1.807) is 0 Å². The van der Waals surface area contributed by atoms with Crippen LogP contribution in [0.15, 0.2) is 18.2 Å². The molecule has 1 unspecified atom stereocenters. The van der Waals surface area contributed by atoms with E-state index in [1.165, 1.54) is 11.6 Å². The van der Waals surface area contributed by atoms with Crippen molar-refractivity contribution in [3.63, 3.8) is 0 Å². The Kier molecular flexibility index (Phi) is 6.80. The normalized spacial score (nSPS) is 11.7. The van der Waals surface area contributed by atoms with Gasteiger partial charge in [0.05, 0.1) is 15.9 Å². The van der Waals surface area contributed by atoms with Gasteiger partial charge in [0.1, 0.15) is 11.7 Å². The van der Waals surface area contributed by atoms with Crippen LogP contribution in [0.3, 0.4) is 0 Å². The van der Waals surface area contributed by atoms with Crippen molar-refractivity contribution >= 4 is 23.0 Å². The molecule has 1 aromatic carbocycles. The second kappa shape index (κ2) is 8.58. The van der Waals surface area contributed by atoms with Crippen LogP contribution in [0, 0.1) is 20.2 Å². The number of non-ortho nitro benzene ring substituents is 1. The molecule has 0 fully saturated rings. The van der Waals surface area contributed by atoms with E-state index in [-0.39, 0.29) is 24.3 Å². The smallest absolute Gasteiger partial charge is 0.323 e. The maximum atomic E-state index is 12.2. The molecule has 10 nitrogen and oxygen atoms in total. The predicted octanol–water partition coefficient (Wildman–Crippen LogP) is 2.01. The van der Waals surface area contributed by atoms with Crippen molar-refractivity contribution in [2.75, 3.05) is 11.9 Å². The first-order chi connectivity index (χ1) is 10.9. The largest absolute Gasteiger partial charge is 0.480 e. The molecule has 0 aromatic heterocycles. The number of benzene rings is 1. The molecule has 23 heavy (non-hydrogen) atoms. The molecule has 0 aliphatic heterocycles. The first kappa shape index (κ1) is 18.2. The van der Waals surface area contributed by atoms with Gasteiger partial charge in [0.2, 0.25) is 0 Å². The number of halogens is 1. The van der Waals surface area contributed by atoms with Crippen LogP contribution in [0.5, 0.6) is 0 Å². The molecule has 0 aliphatic rings. The van der Waals surface area contributed by atoms with Crippen molar-refractivity contribution in [2.45, 2.75) is 25.3 Å². The second-order valence-corrected chi connectivity index (χ2v) is 4.64. The Morgan fingerprint density at radius 3 is 2.48 bits per heavy atom. The first-order valence-corrected chi connectivity index (χ1v) is 6.62. The van der Waals surface area contributed by atoms with Crippen LogP contribution in [-0.2, 0) is 4.79 Å². The lowest BCUT2D eigenvalue weighted by atomic mass is 10.1. The van der Waals surface area contributed by atoms with E-state index in [0.29, 0.717) is 12.8 Å². The number of hydrogen-bond donors (Lipinski definition) is 3. The zero-order valence-corrected chi connectivity index (χ0v) is 11.9. The molecule has 0 amide bonds. The van der Waals surface area contributed by atoms with Crippen LogP contribution in [0.2, 0.25) is 0 Å². The van der Waals surface area contributed by atoms with Gasteiger partial charge >= 0.3 is 5.97 Å². The Morgan fingerprint density at radius 1 is 1.26 bits per heavy atom. The molecule has 3 N–H and O–H groups in total. The molecule has 0 radical (unpaired) electrons. The Balaban J connectivity index is 2.56. The quantitative estimate of drug-likeness (QED) is 0.255. The van der Waals surface area contributed by atoms with Crippen molar-refractivity contribution in [2.24, 2.45) is 0 Å². The third-order valence-electron chi connectivity index (χ3n) is 3.05. The fraction of sp³-hybridized carbons (Fsp3) is 0.417. The summed E-state index contributed by atoms with van der Waals surface area (Å²) in [5.41, 5.74) is 0.490. The maximum Gasteiger partial charge on any atom is 0.323 e. The van der Waals surface area contributed by atoms with Gasteiger partial charge in [0, 0.05) is 12.6 Å². The molecule has 1 atom stereocenters. The van der Waals surface area contributed by atoms with Crippen LogP contribution in [0.25, 0.3) is 0 Å². The van der Waals surface area contributed by atoms with Gasteiger partial charge in [-0.05, 0) is 25.3 Å². The summed E-state index contributed by atoms with van der Waals surface area (Å²) in [6, 6.07) is 1.95. The van der Waals surface area contributed by atoms with Crippen LogP contribution in [0.4, 0.5) is 21.5 Å². The van der Waals surface area contributed by atoms with Crippen LogP contribution in [-0.4, -0.2) is 33.5 Å². The lowest BCUT2D eigenvalue weighted by molar-refractivity contribution is -0.393. The molecular weight excluding hydrogens is 315 g/mol. The van der Waals surface area contributed by atoms with Crippen LogP contribution in [0.1, 0.15) is 19.3 Å². The number of nitrogens with one attached hydrogen (secondary N) is 2. The SMILES string of the molecule is O=C(O)C(CCCCNc1ccc([N+](=O)[O-])cc1[N+](=O)[O-])NF. The summed E-state index contributed by atoms with van der Waals surface area (Å²) in [6.07, 6.45) is 0.886. The summed E-state index contributed by atoms with van der Waals surface area (Å²) in [5.74, 6) is -1.30. The average Bonchev–Trinajstić information content (AvgIpc) is 2.50. The number of anilines is 1. The van der Waals surface area contributed by atoms with Crippen molar-refractivity contribution in [1.82, 2.24) is 5.54 Å². The summed E-state index contributed by atoms with van der Waals surface area (Å²) in [6.45, 7) is 0.275. The molecule has 0 saturated heterocycles. The highest BCUT2D eigenvalue weighted by molar-refractivity contribution is 5.73. The Bertz CT molecular complexity index is 597. The van der Waals surface area contributed by atoms with Crippen molar-refractivity contribution in [1.29, 1.82) is 0 Å². The summed E-state index contributed by atoms with van der Waals surface area (Å²) >= 11 is 0. The van der Waals surface area contributed by atoms with Crippen molar-refractivity contribution in [3.05, 3.63) is 38.4 Å². The minimum Gasteiger partial charge on any atom is -0.480 e. The Labute approximate surface area is 129 Å². The van der Waals surface area contributed by atoms with E-state index in [0.717, 1.165) is 12.1 Å². The molecular formula is C12H15FN4O6. The van der Waals surface area contributed by atoms with Crippen LogP contribution < -0.4 is 10.9 Å². The molecule has 126 valence electrons. The molecule has 0 saturated carbocycles. The minimum atomic E-state index is -1.30. The lowest BCUT2D eigenvalue weighted by Crippen LogP contribution is -2.31. The number of aliphatic carboxylic acids is 1. The summed E-state index contributed by atoms with van der Waals surface area (Å²) < 4.78 is 12.2. The van der Waals surface area contributed by atoms with E-state index in [2.05, 4.69) is 5.32 Å². The van der Waals surface area contributed by atoms with E-state index >= 15 is 0 Å². The maximum absolute atomic E-state index is 12.2. The average molecular weight is 330 g/mol. The number of nitrogens with zero attached hydrogens (tertiary/aromatic N) is 2. The number of carbonyl (C=O) groups is 1. The van der Waals surface area contributed by atoms with Gasteiger partial charge in [-0.1, -0.05) is 0 Å². The van der Waals surface area contributed by atoms with E-state index in [4.69, 9.17) is 5.11 Å². The number of carboxylic acids is 1. The Morgan fingerprint density at radius 2 is 1.96 bits per heavy atom. The van der Waals surface area contributed by atoms with Crippen molar-refractivity contribution < 1.29 is 24.2 Å². The summed E-state index contributed by atoms with van der Waals surface area (Å²) in [4.78, 5) is 30.6. The molecule has 1 rings (SSSR count). The van der Waals surface area contributed by atoms with Gasteiger partial charge in [-0.25, -0.2) is 0 Å². The summed E-state index contributed by atoms with van der Waals surface area (Å²) in [5, 5.41) is 32.9.